The highest BCUT2D eigenvalue weighted by Gasteiger charge is 2.29. The van der Waals surface area contributed by atoms with Crippen LogP contribution in [0.3, 0.4) is 0 Å². The predicted octanol–water partition coefficient (Wildman–Crippen LogP) is 5.98. The Bertz CT molecular complexity index is 1740. The fourth-order valence-corrected chi connectivity index (χ4v) is 7.22. The van der Waals surface area contributed by atoms with Crippen LogP contribution in [0.5, 0.6) is 28.7 Å². The van der Waals surface area contributed by atoms with Crippen LogP contribution in [0.15, 0.2) is 30.3 Å². The Morgan fingerprint density at radius 3 is 0.567 bits per heavy atom. The van der Waals surface area contributed by atoms with E-state index in [1.165, 1.54) is 0 Å². The van der Waals surface area contributed by atoms with E-state index in [9.17, 15) is 0 Å². The van der Waals surface area contributed by atoms with Gasteiger partial charge in [-0.3, -0.25) is 0 Å². The molecule has 0 saturated carbocycles. The van der Waals surface area contributed by atoms with Gasteiger partial charge in [0, 0.05) is 89.4 Å². The molecule has 6 aromatic rings. The van der Waals surface area contributed by atoms with Gasteiger partial charge in [0.2, 0.25) is 0 Å². The van der Waals surface area contributed by atoms with Gasteiger partial charge in [-0.1, -0.05) is 0 Å². The number of benzene rings is 5. The molecule has 0 bridgehead atoms. The van der Waals surface area contributed by atoms with Gasteiger partial charge < -0.3 is 71.1 Å². The molecule has 60 heavy (non-hydrogen) atoms. The van der Waals surface area contributed by atoms with Crippen molar-refractivity contribution in [3.05, 3.63) is 30.3 Å². The third-order valence-electron chi connectivity index (χ3n) is 9.89. The van der Waals surface area contributed by atoms with E-state index in [4.69, 9.17) is 71.1 Å². The van der Waals surface area contributed by atoms with Crippen molar-refractivity contribution in [2.75, 3.05) is 168 Å². The zero-order valence-corrected chi connectivity index (χ0v) is 35.7. The SMILES string of the molecule is COCCOCCOc1cc2c(OCCOCCOC)cc3c(OCCOCCOC)cc4c(OCCOCCOC)cc5c(OCCOCCOC)cc1c1c5c4c3c21. The molecule has 0 unspecified atom stereocenters. The van der Waals surface area contributed by atoms with Crippen molar-refractivity contribution in [3.8, 4) is 28.7 Å². The van der Waals surface area contributed by atoms with Crippen LogP contribution in [0.4, 0.5) is 0 Å². The standard InChI is InChI=1S/C45H60O15/c1-46-6-11-51-16-21-56-36-26-32-38(58-23-18-53-13-8-48-3)28-34-40(60-25-20-55-15-10-50-5)30-35-39(59-24-19-54-14-9-49-4)29-33-37(57-22-17-52-12-7-47-2)27-31(36)41-42(32)44(34)45(35)43(33)41/h26-30H,6-25H2,1-5H3. The lowest BCUT2D eigenvalue weighted by molar-refractivity contribution is 0.0543. The Hall–Kier alpha value is -4.00. The van der Waals surface area contributed by atoms with E-state index in [2.05, 4.69) is 30.3 Å². The van der Waals surface area contributed by atoms with E-state index in [1.54, 1.807) is 35.5 Å². The first kappa shape index (κ1) is 45.5. The normalized spacial score (nSPS) is 12.1. The molecule has 15 heteroatoms. The van der Waals surface area contributed by atoms with E-state index < -0.39 is 0 Å². The van der Waals surface area contributed by atoms with Crippen LogP contribution in [0.25, 0.3) is 53.9 Å². The summed E-state index contributed by atoms with van der Waals surface area (Å²) in [5, 5.41) is 9.64. The number of hydrogen-bond donors (Lipinski definition) is 0. The van der Waals surface area contributed by atoms with Crippen molar-refractivity contribution in [1.29, 1.82) is 0 Å². The summed E-state index contributed by atoms with van der Waals surface area (Å²) in [4.78, 5) is 0. The van der Waals surface area contributed by atoms with Gasteiger partial charge in [-0.25, -0.2) is 0 Å². The van der Waals surface area contributed by atoms with Gasteiger partial charge in [-0.05, 0) is 30.3 Å². The predicted molar refractivity (Wildman–Crippen MR) is 228 cm³/mol. The lowest BCUT2D eigenvalue weighted by Gasteiger charge is -2.17. The Balaban J connectivity index is 1.51. The number of ether oxygens (including phenoxy) is 15. The summed E-state index contributed by atoms with van der Waals surface area (Å²) in [6.45, 7) is 8.38. The summed E-state index contributed by atoms with van der Waals surface area (Å²) in [7, 11) is 8.25. The summed E-state index contributed by atoms with van der Waals surface area (Å²) in [6, 6.07) is 10.3. The first-order valence-corrected chi connectivity index (χ1v) is 20.5. The van der Waals surface area contributed by atoms with E-state index in [0.717, 1.165) is 53.9 Å². The van der Waals surface area contributed by atoms with E-state index >= 15 is 0 Å². The third-order valence-corrected chi connectivity index (χ3v) is 9.89. The molecule has 0 spiro atoms. The molecule has 0 aliphatic carbocycles. The average molecular weight is 841 g/mol. The lowest BCUT2D eigenvalue weighted by atomic mass is 9.97. The highest BCUT2D eigenvalue weighted by molar-refractivity contribution is 6.47. The molecule has 0 fully saturated rings. The van der Waals surface area contributed by atoms with Gasteiger partial charge in [0.15, 0.2) is 0 Å². The summed E-state index contributed by atoms with van der Waals surface area (Å²) < 4.78 is 87.6. The molecule has 0 amide bonds. The van der Waals surface area contributed by atoms with Crippen molar-refractivity contribution in [1.82, 2.24) is 0 Å². The molecular formula is C45H60O15. The van der Waals surface area contributed by atoms with Gasteiger partial charge in [0.05, 0.1) is 99.1 Å². The quantitative estimate of drug-likeness (QED) is 0.0343. The van der Waals surface area contributed by atoms with Crippen LogP contribution in [0.2, 0.25) is 0 Å². The minimum absolute atomic E-state index is 0.323. The minimum atomic E-state index is 0.323. The van der Waals surface area contributed by atoms with Crippen LogP contribution in [0, 0.1) is 0 Å². The largest absolute Gasteiger partial charge is 0.491 e. The van der Waals surface area contributed by atoms with Crippen molar-refractivity contribution in [3.63, 3.8) is 0 Å². The summed E-state index contributed by atoms with van der Waals surface area (Å²) >= 11 is 0. The molecule has 6 aromatic carbocycles. The third kappa shape index (κ3) is 11.3. The highest BCUT2D eigenvalue weighted by Crippen LogP contribution is 2.57. The maximum absolute atomic E-state index is 6.57. The second-order valence-corrected chi connectivity index (χ2v) is 13.8. The van der Waals surface area contributed by atoms with Crippen LogP contribution in [-0.2, 0) is 47.4 Å². The van der Waals surface area contributed by atoms with Crippen molar-refractivity contribution in [2.24, 2.45) is 0 Å². The fraction of sp³-hybridized carbons (Fsp3) is 0.556. The number of hydrogen-bond acceptors (Lipinski definition) is 15. The van der Waals surface area contributed by atoms with Gasteiger partial charge in [-0.2, -0.15) is 0 Å². The summed E-state index contributed by atoms with van der Waals surface area (Å²) in [5.74, 6) is 3.38. The molecular weight excluding hydrogens is 780 g/mol. The van der Waals surface area contributed by atoms with Crippen molar-refractivity contribution < 1.29 is 71.1 Å². The van der Waals surface area contributed by atoms with Gasteiger partial charge in [0.25, 0.3) is 0 Å². The maximum atomic E-state index is 6.57. The molecule has 0 aliphatic heterocycles. The molecule has 15 nitrogen and oxygen atoms in total. The molecule has 6 rings (SSSR count). The highest BCUT2D eigenvalue weighted by atomic mass is 16.6. The van der Waals surface area contributed by atoms with Crippen LogP contribution >= 0.6 is 0 Å². The first-order valence-electron chi connectivity index (χ1n) is 20.5. The average Bonchev–Trinajstić information content (AvgIpc) is 3.62. The van der Waals surface area contributed by atoms with E-state index in [1.807, 2.05) is 0 Å². The lowest BCUT2D eigenvalue weighted by Crippen LogP contribution is -2.11. The molecule has 0 radical (unpaired) electrons. The van der Waals surface area contributed by atoms with E-state index in [0.29, 0.717) is 161 Å². The second kappa shape index (κ2) is 24.4. The Labute approximate surface area is 351 Å². The Morgan fingerprint density at radius 2 is 0.400 bits per heavy atom. The van der Waals surface area contributed by atoms with E-state index in [-0.39, 0.29) is 0 Å². The maximum Gasteiger partial charge on any atom is 0.128 e. The molecule has 0 N–H and O–H groups in total. The van der Waals surface area contributed by atoms with Gasteiger partial charge in [0.1, 0.15) is 61.8 Å². The zero-order valence-electron chi connectivity index (χ0n) is 35.7. The van der Waals surface area contributed by atoms with Crippen LogP contribution in [-0.4, -0.2) is 168 Å². The van der Waals surface area contributed by atoms with Gasteiger partial charge >= 0.3 is 0 Å². The molecule has 0 aliphatic rings. The van der Waals surface area contributed by atoms with Crippen molar-refractivity contribution >= 4 is 53.9 Å². The summed E-state index contributed by atoms with van der Waals surface area (Å²) in [6.07, 6.45) is 0. The fourth-order valence-electron chi connectivity index (χ4n) is 7.22. The monoisotopic (exact) mass is 840 g/mol. The van der Waals surface area contributed by atoms with Crippen LogP contribution in [0.1, 0.15) is 0 Å². The topological polar surface area (TPSA) is 138 Å². The zero-order chi connectivity index (χ0) is 41.9. The Morgan fingerprint density at radius 1 is 0.233 bits per heavy atom. The Kier molecular flexibility index (Phi) is 18.5. The summed E-state index contributed by atoms with van der Waals surface area (Å²) in [5.41, 5.74) is 0. The van der Waals surface area contributed by atoms with Crippen molar-refractivity contribution in [2.45, 2.75) is 0 Å². The van der Waals surface area contributed by atoms with Crippen LogP contribution < -0.4 is 23.7 Å². The molecule has 0 atom stereocenters. The first-order chi connectivity index (χ1) is 29.7. The number of rotatable bonds is 35. The van der Waals surface area contributed by atoms with Gasteiger partial charge in [-0.15, -0.1) is 0 Å². The smallest absolute Gasteiger partial charge is 0.128 e. The minimum Gasteiger partial charge on any atom is -0.491 e. The molecule has 0 heterocycles. The number of methoxy groups -OCH3 is 5. The molecule has 0 aromatic heterocycles. The second-order valence-electron chi connectivity index (χ2n) is 13.8. The molecule has 330 valence electrons. The molecule has 0 saturated heterocycles.